The van der Waals surface area contributed by atoms with Crippen molar-refractivity contribution in [2.45, 2.75) is 52.3 Å². The number of anilines is 1. The molecule has 6 rings (SSSR count). The fourth-order valence-corrected chi connectivity index (χ4v) is 6.63. The lowest BCUT2D eigenvalue weighted by Gasteiger charge is -2.23. The Balaban J connectivity index is 1.15. The van der Waals surface area contributed by atoms with Gasteiger partial charge < -0.3 is 15.0 Å². The molecule has 0 spiro atoms. The summed E-state index contributed by atoms with van der Waals surface area (Å²) in [5.74, 6) is 1.38. The number of alkyl halides is 3. The molecule has 0 saturated carbocycles. The Hall–Kier alpha value is -4.58. The molecule has 4 aromatic rings. The van der Waals surface area contributed by atoms with E-state index in [9.17, 15) is 18.0 Å². The van der Waals surface area contributed by atoms with Gasteiger partial charge >= 0.3 is 12.4 Å². The summed E-state index contributed by atoms with van der Waals surface area (Å²) < 4.78 is 42.8. The van der Waals surface area contributed by atoms with E-state index < -0.39 is 6.36 Å². The van der Waals surface area contributed by atoms with Crippen molar-refractivity contribution in [1.82, 2.24) is 20.1 Å². The smallest absolute Gasteiger partial charge is 0.406 e. The van der Waals surface area contributed by atoms with Gasteiger partial charge in [0.25, 0.3) is 0 Å². The van der Waals surface area contributed by atoms with Crippen LogP contribution in [0, 0.1) is 6.92 Å². The van der Waals surface area contributed by atoms with E-state index in [2.05, 4.69) is 69.0 Å². The predicted octanol–water partition coefficient (Wildman–Crippen LogP) is 8.48. The minimum Gasteiger partial charge on any atom is -0.406 e. The molecule has 1 aromatic heterocycles. The number of halogens is 3. The van der Waals surface area contributed by atoms with Crippen molar-refractivity contribution in [3.63, 3.8) is 0 Å². The second kappa shape index (κ2) is 13.0. The lowest BCUT2D eigenvalue weighted by atomic mass is 9.99. The molecule has 46 heavy (non-hydrogen) atoms. The van der Waals surface area contributed by atoms with Crippen LogP contribution in [0.25, 0.3) is 22.6 Å². The zero-order valence-electron chi connectivity index (χ0n) is 25.6. The van der Waals surface area contributed by atoms with E-state index in [-0.39, 0.29) is 11.8 Å². The van der Waals surface area contributed by atoms with Crippen LogP contribution in [-0.2, 0) is 0 Å². The summed E-state index contributed by atoms with van der Waals surface area (Å²) in [4.78, 5) is 24.2. The van der Waals surface area contributed by atoms with E-state index in [1.54, 1.807) is 11.8 Å². The Kier molecular flexibility index (Phi) is 8.90. The number of amidine groups is 1. The number of hydrogen-bond donors (Lipinski definition) is 1. The van der Waals surface area contributed by atoms with Gasteiger partial charge in [-0.05, 0) is 84.7 Å². The summed E-state index contributed by atoms with van der Waals surface area (Å²) in [6.07, 6.45) is -0.708. The number of aromatic nitrogens is 3. The first-order chi connectivity index (χ1) is 22.0. The molecule has 0 bridgehead atoms. The zero-order valence-corrected chi connectivity index (χ0v) is 26.5. The fourth-order valence-electron chi connectivity index (χ4n) is 5.68. The Bertz CT molecular complexity index is 1800. The van der Waals surface area contributed by atoms with Crippen molar-refractivity contribution in [2.24, 2.45) is 4.99 Å². The topological polar surface area (TPSA) is 84.6 Å². The molecule has 1 aliphatic heterocycles. The number of rotatable bonds is 7. The predicted molar refractivity (Wildman–Crippen MR) is 175 cm³/mol. The minimum absolute atomic E-state index is 0.307. The minimum atomic E-state index is -4.75. The number of ether oxygens (including phenoxy) is 1. The summed E-state index contributed by atoms with van der Waals surface area (Å²) >= 11 is 1.60. The van der Waals surface area contributed by atoms with Gasteiger partial charge in [0.2, 0.25) is 0 Å². The number of nitrogens with one attached hydrogen (secondary N) is 1. The third-order valence-corrected chi connectivity index (χ3v) is 8.82. The zero-order chi connectivity index (χ0) is 32.4. The molecule has 2 heterocycles. The van der Waals surface area contributed by atoms with Gasteiger partial charge in [0.05, 0.1) is 5.69 Å². The molecule has 1 N–H and O–H groups in total. The summed E-state index contributed by atoms with van der Waals surface area (Å²) in [5, 5.41) is 8.27. The molecule has 0 unspecified atom stereocenters. The van der Waals surface area contributed by atoms with Crippen LogP contribution in [0.2, 0.25) is 0 Å². The number of amides is 2. The molecule has 12 heteroatoms. The monoisotopic (exact) mass is 646 g/mol. The molecule has 0 radical (unpaired) electrons. The number of urea groups is 1. The van der Waals surface area contributed by atoms with Crippen LogP contribution >= 0.6 is 11.8 Å². The number of allylic oxidation sites excluding steroid dienone is 2. The van der Waals surface area contributed by atoms with Crippen LogP contribution in [0.1, 0.15) is 55.7 Å². The molecule has 2 aliphatic rings. The average Bonchev–Trinajstić information content (AvgIpc) is 3.78. The quantitative estimate of drug-likeness (QED) is 0.217. The average molecular weight is 647 g/mol. The van der Waals surface area contributed by atoms with E-state index >= 15 is 0 Å². The normalized spacial score (nSPS) is 16.2. The van der Waals surface area contributed by atoms with Crippen molar-refractivity contribution in [2.75, 3.05) is 17.2 Å². The van der Waals surface area contributed by atoms with Gasteiger partial charge in [0.1, 0.15) is 12.1 Å². The summed E-state index contributed by atoms with van der Waals surface area (Å²) in [6, 6.07) is 19.3. The number of benzene rings is 3. The van der Waals surface area contributed by atoms with E-state index in [0.717, 1.165) is 59.6 Å². The fraction of sp³-hybridized carbons (Fsp3) is 0.294. The molecule has 8 nitrogen and oxygen atoms in total. The van der Waals surface area contributed by atoms with Crippen LogP contribution in [0.4, 0.5) is 23.7 Å². The molecule has 238 valence electrons. The molecule has 1 fully saturated rings. The second-order valence-corrected chi connectivity index (χ2v) is 12.5. The van der Waals surface area contributed by atoms with Crippen LogP contribution in [0.3, 0.4) is 0 Å². The number of aryl methyl sites for hydroxylation is 1. The van der Waals surface area contributed by atoms with Crippen molar-refractivity contribution < 1.29 is 22.7 Å². The maximum Gasteiger partial charge on any atom is 0.573 e. The summed E-state index contributed by atoms with van der Waals surface area (Å²) in [7, 11) is 0. The highest BCUT2D eigenvalue weighted by molar-refractivity contribution is 8.14. The molecule has 1 saturated heterocycles. The van der Waals surface area contributed by atoms with E-state index in [0.29, 0.717) is 22.6 Å². The van der Waals surface area contributed by atoms with Gasteiger partial charge in [-0.1, -0.05) is 62.0 Å². The lowest BCUT2D eigenvalue weighted by Crippen LogP contribution is -2.28. The van der Waals surface area contributed by atoms with Crippen molar-refractivity contribution in [3.05, 3.63) is 95.4 Å². The number of thioether (sulfide) groups is 1. The first-order valence-corrected chi connectivity index (χ1v) is 16.0. The van der Waals surface area contributed by atoms with Crippen LogP contribution in [0.5, 0.6) is 5.75 Å². The Morgan fingerprint density at radius 2 is 1.76 bits per heavy atom. The molecular formula is C34H33F3N6O2S. The van der Waals surface area contributed by atoms with Crippen LogP contribution < -0.4 is 15.0 Å². The molecule has 0 atom stereocenters. The standard InChI is InChI=1S/C34H33F3N6O2S/c1-21(2)27-16-7-22(3)19-30(27)42-17-18-46-33(42)40-32(44)39-29-6-4-5-28(29)23-8-10-24(11-9-23)31-38-20-43(41-31)25-12-14-26(15-13-25)45-34(35,36)37/h7-16,19-21H,4-6,17-18H2,1-3H3,(H,39,44). The molecule has 2 amide bonds. The SMILES string of the molecule is Cc1ccc(C(C)C)c(N2CCSC2=NC(=O)NC2=C(c3ccc(-c4ncn(-c5ccc(OC(F)(F)F)cc5)n4)cc3)CCC2)c1. The Labute approximate surface area is 269 Å². The molecular weight excluding hydrogens is 613 g/mol. The van der Waals surface area contributed by atoms with Crippen LogP contribution in [-0.4, -0.2) is 44.6 Å². The van der Waals surface area contributed by atoms with Gasteiger partial charge in [-0.2, -0.15) is 4.99 Å². The van der Waals surface area contributed by atoms with Crippen LogP contribution in [0.15, 0.2) is 83.7 Å². The Morgan fingerprint density at radius 1 is 1.02 bits per heavy atom. The van der Waals surface area contributed by atoms with Gasteiger partial charge in [-0.15, -0.1) is 18.3 Å². The van der Waals surface area contributed by atoms with Gasteiger partial charge in [0, 0.05) is 29.2 Å². The van der Waals surface area contributed by atoms with Gasteiger partial charge in [-0.3, -0.25) is 0 Å². The van der Waals surface area contributed by atoms with E-state index in [1.807, 2.05) is 24.3 Å². The number of nitrogens with zero attached hydrogens (tertiary/aromatic N) is 5. The number of carbonyl (C=O) groups is 1. The molecule has 1 aliphatic carbocycles. The summed E-state index contributed by atoms with van der Waals surface area (Å²) in [6.45, 7) is 7.23. The lowest BCUT2D eigenvalue weighted by molar-refractivity contribution is -0.274. The third kappa shape index (κ3) is 7.12. The number of aliphatic imine (C=N–C) groups is 1. The third-order valence-electron chi connectivity index (χ3n) is 7.87. The van der Waals surface area contributed by atoms with E-state index in [1.165, 1.54) is 46.4 Å². The van der Waals surface area contributed by atoms with Gasteiger partial charge in [-0.25, -0.2) is 14.5 Å². The first-order valence-electron chi connectivity index (χ1n) is 15.1. The second-order valence-electron chi connectivity index (χ2n) is 11.5. The summed E-state index contributed by atoms with van der Waals surface area (Å²) in [5.41, 5.74) is 7.81. The highest BCUT2D eigenvalue weighted by atomic mass is 32.2. The maximum atomic E-state index is 13.2. The number of hydrogen-bond acceptors (Lipinski definition) is 5. The number of carbonyl (C=O) groups excluding carboxylic acids is 1. The largest absolute Gasteiger partial charge is 0.573 e. The first kappa shape index (κ1) is 31.4. The molecule has 3 aromatic carbocycles. The maximum absolute atomic E-state index is 13.2. The van der Waals surface area contributed by atoms with E-state index in [4.69, 9.17) is 0 Å². The highest BCUT2D eigenvalue weighted by Crippen LogP contribution is 2.35. The van der Waals surface area contributed by atoms with Crippen molar-refractivity contribution >= 4 is 34.2 Å². The van der Waals surface area contributed by atoms with Gasteiger partial charge in [0.15, 0.2) is 11.0 Å². The Morgan fingerprint density at radius 3 is 2.48 bits per heavy atom. The highest BCUT2D eigenvalue weighted by Gasteiger charge is 2.31. The van der Waals surface area contributed by atoms with Crippen molar-refractivity contribution in [1.29, 1.82) is 0 Å². The van der Waals surface area contributed by atoms with Crippen molar-refractivity contribution in [3.8, 4) is 22.8 Å².